The summed E-state index contributed by atoms with van der Waals surface area (Å²) in [5.41, 5.74) is 1.04. The average molecular weight is 250 g/mol. The number of carbonyl (C=O) groups excluding carboxylic acids is 2. The number of hydrogen-bond acceptors (Lipinski definition) is 4. The Bertz CT molecular complexity index is 424. The van der Waals surface area contributed by atoms with Crippen LogP contribution >= 0.6 is 0 Å². The van der Waals surface area contributed by atoms with Gasteiger partial charge >= 0.3 is 11.9 Å². The first-order valence-electron chi connectivity index (χ1n) is 5.99. The third-order valence-electron chi connectivity index (χ3n) is 2.21. The number of ether oxygens (including phenoxy) is 2. The Morgan fingerprint density at radius 2 is 1.89 bits per heavy atom. The second-order valence-electron chi connectivity index (χ2n) is 4.09. The Morgan fingerprint density at radius 1 is 1.22 bits per heavy atom. The maximum Gasteiger partial charge on any atom is 0.338 e. The molecule has 1 aromatic rings. The van der Waals surface area contributed by atoms with Crippen LogP contribution in [0.4, 0.5) is 0 Å². The van der Waals surface area contributed by atoms with Crippen LogP contribution in [0.2, 0.25) is 0 Å². The molecular weight excluding hydrogens is 232 g/mol. The van der Waals surface area contributed by atoms with Gasteiger partial charge in [0.25, 0.3) is 0 Å². The molecule has 0 fully saturated rings. The third-order valence-corrected chi connectivity index (χ3v) is 2.21. The Kier molecular flexibility index (Phi) is 5.36. The van der Waals surface area contributed by atoms with E-state index in [2.05, 4.69) is 0 Å². The van der Waals surface area contributed by atoms with Gasteiger partial charge in [-0.15, -0.1) is 0 Å². The molecule has 0 saturated heterocycles. The van der Waals surface area contributed by atoms with E-state index in [1.54, 1.807) is 45.0 Å². The van der Waals surface area contributed by atoms with E-state index in [-0.39, 0.29) is 18.5 Å². The molecular formula is C14H18O4. The lowest BCUT2D eigenvalue weighted by Gasteiger charge is -2.10. The second kappa shape index (κ2) is 6.79. The summed E-state index contributed by atoms with van der Waals surface area (Å²) in [6.07, 6.45) is -0.0834. The van der Waals surface area contributed by atoms with E-state index in [1.807, 2.05) is 0 Å². The van der Waals surface area contributed by atoms with Gasteiger partial charge in [0.2, 0.25) is 0 Å². The lowest BCUT2D eigenvalue weighted by molar-refractivity contribution is -0.146. The van der Waals surface area contributed by atoms with Crippen molar-refractivity contribution in [3.63, 3.8) is 0 Å². The van der Waals surface area contributed by atoms with Gasteiger partial charge in [-0.05, 0) is 32.4 Å². The SMILES string of the molecule is CCOC(=O)c1ccccc1CC(=O)OC(C)C. The fourth-order valence-corrected chi connectivity index (χ4v) is 1.54. The first-order valence-corrected chi connectivity index (χ1v) is 5.99. The first-order chi connectivity index (χ1) is 8.54. The van der Waals surface area contributed by atoms with Crippen molar-refractivity contribution in [1.29, 1.82) is 0 Å². The topological polar surface area (TPSA) is 52.6 Å². The number of hydrogen-bond donors (Lipinski definition) is 0. The van der Waals surface area contributed by atoms with Gasteiger partial charge in [-0.1, -0.05) is 18.2 Å². The van der Waals surface area contributed by atoms with E-state index in [4.69, 9.17) is 9.47 Å². The van der Waals surface area contributed by atoms with Crippen molar-refractivity contribution < 1.29 is 19.1 Å². The summed E-state index contributed by atoms with van der Waals surface area (Å²) < 4.78 is 10.00. The van der Waals surface area contributed by atoms with Crippen LogP contribution in [0.5, 0.6) is 0 Å². The summed E-state index contributed by atoms with van der Waals surface area (Å²) >= 11 is 0. The van der Waals surface area contributed by atoms with Crippen LogP contribution in [0, 0.1) is 0 Å². The Labute approximate surface area is 107 Å². The molecule has 0 atom stereocenters. The minimum Gasteiger partial charge on any atom is -0.463 e. The second-order valence-corrected chi connectivity index (χ2v) is 4.09. The molecule has 0 saturated carbocycles. The number of esters is 2. The molecule has 0 aliphatic heterocycles. The fourth-order valence-electron chi connectivity index (χ4n) is 1.54. The molecule has 0 radical (unpaired) electrons. The molecule has 0 spiro atoms. The first kappa shape index (κ1) is 14.2. The molecule has 0 aliphatic carbocycles. The van der Waals surface area contributed by atoms with E-state index >= 15 is 0 Å². The lowest BCUT2D eigenvalue weighted by atomic mass is 10.0. The molecule has 0 amide bonds. The number of benzene rings is 1. The predicted molar refractivity (Wildman–Crippen MR) is 67.3 cm³/mol. The summed E-state index contributed by atoms with van der Waals surface area (Å²) in [5.74, 6) is -0.757. The average Bonchev–Trinajstić information content (AvgIpc) is 2.28. The zero-order valence-corrected chi connectivity index (χ0v) is 10.9. The lowest BCUT2D eigenvalue weighted by Crippen LogP contribution is -2.16. The van der Waals surface area contributed by atoms with Crippen molar-refractivity contribution in [3.8, 4) is 0 Å². The maximum absolute atomic E-state index is 11.7. The van der Waals surface area contributed by atoms with E-state index < -0.39 is 5.97 Å². The molecule has 4 nitrogen and oxygen atoms in total. The van der Waals surface area contributed by atoms with Crippen molar-refractivity contribution in [2.45, 2.75) is 33.3 Å². The van der Waals surface area contributed by atoms with E-state index in [0.717, 1.165) is 0 Å². The number of carbonyl (C=O) groups is 2. The van der Waals surface area contributed by atoms with Gasteiger partial charge in [0.15, 0.2) is 0 Å². The minimum absolute atomic E-state index is 0.0766. The van der Waals surface area contributed by atoms with Crippen LogP contribution in [-0.4, -0.2) is 24.6 Å². The maximum atomic E-state index is 11.7. The minimum atomic E-state index is -0.412. The summed E-state index contributed by atoms with van der Waals surface area (Å²) in [6.45, 7) is 5.63. The molecule has 1 aromatic carbocycles. The van der Waals surface area contributed by atoms with Crippen LogP contribution in [-0.2, 0) is 20.7 Å². The van der Waals surface area contributed by atoms with Gasteiger partial charge in [0.1, 0.15) is 0 Å². The molecule has 0 N–H and O–H groups in total. The zero-order valence-electron chi connectivity index (χ0n) is 10.9. The van der Waals surface area contributed by atoms with Crippen molar-refractivity contribution >= 4 is 11.9 Å². The van der Waals surface area contributed by atoms with Crippen LogP contribution < -0.4 is 0 Å². The van der Waals surface area contributed by atoms with Gasteiger partial charge in [0, 0.05) is 0 Å². The molecule has 0 heterocycles. The summed E-state index contributed by atoms with van der Waals surface area (Å²) in [7, 11) is 0. The molecule has 0 unspecified atom stereocenters. The monoisotopic (exact) mass is 250 g/mol. The smallest absolute Gasteiger partial charge is 0.338 e. The van der Waals surface area contributed by atoms with E-state index in [0.29, 0.717) is 17.7 Å². The van der Waals surface area contributed by atoms with Gasteiger partial charge in [-0.25, -0.2) is 4.79 Å². The highest BCUT2D eigenvalue weighted by atomic mass is 16.5. The summed E-state index contributed by atoms with van der Waals surface area (Å²) in [6, 6.07) is 6.90. The van der Waals surface area contributed by atoms with E-state index in [1.165, 1.54) is 0 Å². The normalized spacial score (nSPS) is 10.2. The Morgan fingerprint density at radius 3 is 2.50 bits per heavy atom. The molecule has 1 rings (SSSR count). The summed E-state index contributed by atoms with van der Waals surface area (Å²) in [5, 5.41) is 0. The van der Waals surface area contributed by atoms with E-state index in [9.17, 15) is 9.59 Å². The highest BCUT2D eigenvalue weighted by Crippen LogP contribution is 2.12. The Balaban J connectivity index is 2.82. The molecule has 98 valence electrons. The molecule has 4 heteroatoms. The van der Waals surface area contributed by atoms with Gasteiger partial charge in [-0.3, -0.25) is 4.79 Å². The Hall–Kier alpha value is -1.84. The van der Waals surface area contributed by atoms with Crippen LogP contribution in [0.25, 0.3) is 0 Å². The predicted octanol–water partition coefficient (Wildman–Crippen LogP) is 2.36. The van der Waals surface area contributed by atoms with Crippen molar-refractivity contribution in [3.05, 3.63) is 35.4 Å². The third kappa shape index (κ3) is 4.20. The van der Waals surface area contributed by atoms with Crippen LogP contribution in [0.15, 0.2) is 24.3 Å². The zero-order chi connectivity index (χ0) is 13.5. The quantitative estimate of drug-likeness (QED) is 0.753. The number of rotatable bonds is 5. The van der Waals surface area contributed by atoms with Crippen LogP contribution in [0.3, 0.4) is 0 Å². The van der Waals surface area contributed by atoms with Crippen molar-refractivity contribution in [2.75, 3.05) is 6.61 Å². The van der Waals surface area contributed by atoms with Crippen molar-refractivity contribution in [1.82, 2.24) is 0 Å². The van der Waals surface area contributed by atoms with Gasteiger partial charge < -0.3 is 9.47 Å². The standard InChI is InChI=1S/C14H18O4/c1-4-17-14(16)12-8-6-5-7-11(12)9-13(15)18-10(2)3/h5-8,10H,4,9H2,1-3H3. The van der Waals surface area contributed by atoms with Crippen molar-refractivity contribution in [2.24, 2.45) is 0 Å². The molecule has 0 bridgehead atoms. The van der Waals surface area contributed by atoms with Gasteiger partial charge in [0.05, 0.1) is 24.7 Å². The highest BCUT2D eigenvalue weighted by Gasteiger charge is 2.15. The molecule has 0 aliphatic rings. The van der Waals surface area contributed by atoms with Gasteiger partial charge in [-0.2, -0.15) is 0 Å². The largest absolute Gasteiger partial charge is 0.463 e. The molecule has 0 aromatic heterocycles. The highest BCUT2D eigenvalue weighted by molar-refractivity contribution is 5.92. The van der Waals surface area contributed by atoms with Crippen LogP contribution in [0.1, 0.15) is 36.7 Å². The summed E-state index contributed by atoms with van der Waals surface area (Å²) in [4.78, 5) is 23.3. The molecule has 18 heavy (non-hydrogen) atoms. The fraction of sp³-hybridized carbons (Fsp3) is 0.429.